The summed E-state index contributed by atoms with van der Waals surface area (Å²) in [5.74, 6) is 2.85. The Hall–Kier alpha value is -3.33. The van der Waals surface area contributed by atoms with Gasteiger partial charge in [-0.1, -0.05) is 18.2 Å². The van der Waals surface area contributed by atoms with Crippen LogP contribution in [0.4, 0.5) is 0 Å². The fraction of sp³-hybridized carbons (Fsp3) is 0.211. The van der Waals surface area contributed by atoms with E-state index in [4.69, 9.17) is 31.2 Å². The van der Waals surface area contributed by atoms with Crippen LogP contribution in [0.5, 0.6) is 23.0 Å². The van der Waals surface area contributed by atoms with Crippen molar-refractivity contribution in [2.24, 2.45) is 5.10 Å². The summed E-state index contributed by atoms with van der Waals surface area (Å²) in [6.45, 7) is 0.212. The van der Waals surface area contributed by atoms with Gasteiger partial charge in [0.1, 0.15) is 12.4 Å². The molecule has 3 rings (SSSR count). The Morgan fingerprint density at radius 2 is 1.75 bits per heavy atom. The number of rotatable bonds is 8. The molecule has 1 heterocycles. The monoisotopic (exact) mass is 400 g/mol. The van der Waals surface area contributed by atoms with Crippen molar-refractivity contribution >= 4 is 18.4 Å². The van der Waals surface area contributed by atoms with Crippen molar-refractivity contribution in [2.45, 2.75) is 6.61 Å². The molecular formula is C19H20N4O4S. The number of H-pyrrole nitrogens is 1. The first kappa shape index (κ1) is 19.4. The Morgan fingerprint density at radius 3 is 2.36 bits per heavy atom. The number of nitrogens with one attached hydrogen (secondary N) is 1. The van der Waals surface area contributed by atoms with Crippen LogP contribution in [0, 0.1) is 4.77 Å². The molecule has 9 heteroatoms. The SMILES string of the molecule is COc1cc(C=Nn2c(COc3ccccc3)n[nH]c2=S)cc(OC)c1OC. The number of methoxy groups -OCH3 is 3. The Labute approximate surface area is 167 Å². The first-order valence-corrected chi connectivity index (χ1v) is 8.75. The topological polar surface area (TPSA) is 82.9 Å². The van der Waals surface area contributed by atoms with Crippen LogP contribution in [0.3, 0.4) is 0 Å². The highest BCUT2D eigenvalue weighted by atomic mass is 32.1. The van der Waals surface area contributed by atoms with E-state index in [1.165, 1.54) is 4.68 Å². The summed E-state index contributed by atoms with van der Waals surface area (Å²) in [7, 11) is 4.67. The molecule has 0 fully saturated rings. The van der Waals surface area contributed by atoms with Crippen LogP contribution in [-0.4, -0.2) is 42.4 Å². The van der Waals surface area contributed by atoms with E-state index in [0.29, 0.717) is 27.8 Å². The second-order valence-electron chi connectivity index (χ2n) is 5.56. The zero-order chi connectivity index (χ0) is 19.9. The van der Waals surface area contributed by atoms with Gasteiger partial charge in [0, 0.05) is 5.56 Å². The summed E-state index contributed by atoms with van der Waals surface area (Å²) >= 11 is 5.26. The molecular weight excluding hydrogens is 380 g/mol. The maximum absolute atomic E-state index is 5.72. The maximum Gasteiger partial charge on any atom is 0.216 e. The van der Waals surface area contributed by atoms with Gasteiger partial charge in [0.25, 0.3) is 0 Å². The number of ether oxygens (including phenoxy) is 4. The molecule has 0 amide bonds. The van der Waals surface area contributed by atoms with E-state index in [9.17, 15) is 0 Å². The number of hydrogen-bond acceptors (Lipinski definition) is 7. The van der Waals surface area contributed by atoms with E-state index < -0.39 is 0 Å². The zero-order valence-electron chi connectivity index (χ0n) is 15.7. The normalized spacial score (nSPS) is 10.8. The van der Waals surface area contributed by atoms with Crippen molar-refractivity contribution in [3.63, 3.8) is 0 Å². The molecule has 2 aromatic carbocycles. The smallest absolute Gasteiger partial charge is 0.216 e. The standard InChI is InChI=1S/C19H20N4O4S/c1-24-15-9-13(10-16(25-2)18(15)26-3)11-20-23-17(21-22-19(23)28)12-27-14-7-5-4-6-8-14/h4-11H,12H2,1-3H3,(H,22,28). The first-order chi connectivity index (χ1) is 13.7. The molecule has 0 atom stereocenters. The fourth-order valence-corrected chi connectivity index (χ4v) is 2.70. The lowest BCUT2D eigenvalue weighted by atomic mass is 10.2. The second-order valence-corrected chi connectivity index (χ2v) is 5.95. The predicted octanol–water partition coefficient (Wildman–Crippen LogP) is 3.43. The summed E-state index contributed by atoms with van der Waals surface area (Å²) in [4.78, 5) is 0. The maximum atomic E-state index is 5.72. The third kappa shape index (κ3) is 4.32. The van der Waals surface area contributed by atoms with E-state index in [0.717, 1.165) is 11.3 Å². The van der Waals surface area contributed by atoms with Crippen molar-refractivity contribution in [1.29, 1.82) is 0 Å². The molecule has 0 saturated carbocycles. The van der Waals surface area contributed by atoms with E-state index in [1.807, 2.05) is 30.3 Å². The molecule has 146 valence electrons. The highest BCUT2D eigenvalue weighted by Gasteiger charge is 2.13. The molecule has 0 bridgehead atoms. The molecule has 1 aromatic heterocycles. The van der Waals surface area contributed by atoms with Crippen LogP contribution in [0.2, 0.25) is 0 Å². The average Bonchev–Trinajstić information content (AvgIpc) is 3.09. The van der Waals surface area contributed by atoms with Crippen molar-refractivity contribution in [1.82, 2.24) is 14.9 Å². The van der Waals surface area contributed by atoms with Gasteiger partial charge in [-0.25, -0.2) is 5.10 Å². The zero-order valence-corrected chi connectivity index (χ0v) is 16.5. The summed E-state index contributed by atoms with van der Waals surface area (Å²) < 4.78 is 23.6. The van der Waals surface area contributed by atoms with Crippen molar-refractivity contribution in [2.75, 3.05) is 21.3 Å². The molecule has 0 radical (unpaired) electrons. The number of nitrogens with zero attached hydrogens (tertiary/aromatic N) is 3. The van der Waals surface area contributed by atoms with Crippen LogP contribution in [-0.2, 0) is 6.61 Å². The molecule has 3 aromatic rings. The van der Waals surface area contributed by atoms with Gasteiger partial charge in [-0.2, -0.15) is 14.9 Å². The third-order valence-electron chi connectivity index (χ3n) is 3.84. The molecule has 1 N–H and O–H groups in total. The summed E-state index contributed by atoms with van der Waals surface area (Å²) in [6.07, 6.45) is 1.63. The van der Waals surface area contributed by atoms with E-state index in [1.54, 1.807) is 39.7 Å². The lowest BCUT2D eigenvalue weighted by Crippen LogP contribution is -2.04. The third-order valence-corrected chi connectivity index (χ3v) is 4.10. The lowest BCUT2D eigenvalue weighted by molar-refractivity contribution is 0.290. The summed E-state index contributed by atoms with van der Waals surface area (Å²) in [6, 6.07) is 13.0. The highest BCUT2D eigenvalue weighted by molar-refractivity contribution is 7.71. The first-order valence-electron chi connectivity index (χ1n) is 8.34. The predicted molar refractivity (Wildman–Crippen MR) is 107 cm³/mol. The highest BCUT2D eigenvalue weighted by Crippen LogP contribution is 2.37. The van der Waals surface area contributed by atoms with Crippen LogP contribution in [0.1, 0.15) is 11.4 Å². The fourth-order valence-electron chi connectivity index (χ4n) is 2.50. The molecule has 0 aliphatic rings. The summed E-state index contributed by atoms with van der Waals surface area (Å²) in [5, 5.41) is 11.3. The van der Waals surface area contributed by atoms with E-state index in [-0.39, 0.29) is 6.61 Å². The number of aromatic nitrogens is 3. The van der Waals surface area contributed by atoms with E-state index >= 15 is 0 Å². The Bertz CT molecular complexity index is 989. The van der Waals surface area contributed by atoms with Gasteiger partial charge in [0.2, 0.25) is 10.5 Å². The van der Waals surface area contributed by atoms with Gasteiger partial charge in [-0.3, -0.25) is 0 Å². The molecule has 0 spiro atoms. The minimum atomic E-state index is 0.212. The number of benzene rings is 2. The Balaban J connectivity index is 1.85. The van der Waals surface area contributed by atoms with Gasteiger partial charge in [0.15, 0.2) is 17.3 Å². The van der Waals surface area contributed by atoms with Crippen LogP contribution >= 0.6 is 12.2 Å². The quantitative estimate of drug-likeness (QED) is 0.461. The Morgan fingerprint density at radius 1 is 1.07 bits per heavy atom. The lowest BCUT2D eigenvalue weighted by Gasteiger charge is -2.12. The van der Waals surface area contributed by atoms with Crippen molar-refractivity contribution < 1.29 is 18.9 Å². The van der Waals surface area contributed by atoms with Gasteiger partial charge in [-0.15, -0.1) is 0 Å². The van der Waals surface area contributed by atoms with Crippen molar-refractivity contribution in [3.05, 3.63) is 58.6 Å². The number of aromatic amines is 1. The van der Waals surface area contributed by atoms with Crippen LogP contribution < -0.4 is 18.9 Å². The number of hydrogen-bond donors (Lipinski definition) is 1. The second kappa shape index (κ2) is 9.05. The molecule has 0 unspecified atom stereocenters. The van der Waals surface area contributed by atoms with Gasteiger partial charge < -0.3 is 18.9 Å². The van der Waals surface area contributed by atoms with E-state index in [2.05, 4.69) is 15.3 Å². The largest absolute Gasteiger partial charge is 0.493 e. The van der Waals surface area contributed by atoms with Crippen molar-refractivity contribution in [3.8, 4) is 23.0 Å². The van der Waals surface area contributed by atoms with Gasteiger partial charge >= 0.3 is 0 Å². The number of para-hydroxylation sites is 1. The van der Waals surface area contributed by atoms with Crippen LogP contribution in [0.25, 0.3) is 0 Å². The minimum Gasteiger partial charge on any atom is -0.493 e. The van der Waals surface area contributed by atoms with Gasteiger partial charge in [-0.05, 0) is 36.5 Å². The summed E-state index contributed by atoms with van der Waals surface area (Å²) in [5.41, 5.74) is 0.743. The molecule has 28 heavy (non-hydrogen) atoms. The molecule has 0 aliphatic heterocycles. The van der Waals surface area contributed by atoms with Gasteiger partial charge in [0.05, 0.1) is 27.5 Å². The van der Waals surface area contributed by atoms with Crippen LogP contribution in [0.15, 0.2) is 47.6 Å². The average molecular weight is 400 g/mol. The molecule has 0 saturated heterocycles. The Kier molecular flexibility index (Phi) is 6.28. The minimum absolute atomic E-state index is 0.212. The molecule has 0 aliphatic carbocycles. The molecule has 8 nitrogen and oxygen atoms in total.